The highest BCUT2D eigenvalue weighted by Gasteiger charge is 2.48. The average molecular weight is 336 g/mol. The zero-order valence-corrected chi connectivity index (χ0v) is 14.8. The summed E-state index contributed by atoms with van der Waals surface area (Å²) >= 11 is 0. The molecule has 0 radical (unpaired) electrons. The molecule has 5 rings (SSSR count). The highest BCUT2D eigenvalue weighted by molar-refractivity contribution is 5.85. The highest BCUT2D eigenvalue weighted by Crippen LogP contribution is 2.37. The Morgan fingerprint density at radius 2 is 1.92 bits per heavy atom. The molecule has 2 bridgehead atoms. The minimum atomic E-state index is -0.0284. The minimum Gasteiger partial charge on any atom is -0.352 e. The van der Waals surface area contributed by atoms with Gasteiger partial charge in [-0.2, -0.15) is 0 Å². The Morgan fingerprint density at radius 3 is 2.56 bits per heavy atom. The van der Waals surface area contributed by atoms with E-state index in [1.165, 1.54) is 0 Å². The van der Waals surface area contributed by atoms with Gasteiger partial charge in [-0.05, 0) is 31.4 Å². The number of hydrogen-bond acceptors (Lipinski definition) is 4. The monoisotopic (exact) mass is 336 g/mol. The zero-order chi connectivity index (χ0) is 17.4. The number of carbonyl (C=O) groups is 1. The van der Waals surface area contributed by atoms with Gasteiger partial charge in [-0.1, -0.05) is 37.3 Å². The summed E-state index contributed by atoms with van der Waals surface area (Å²) in [4.78, 5) is 26.3. The van der Waals surface area contributed by atoms with E-state index in [2.05, 4.69) is 38.8 Å². The summed E-state index contributed by atoms with van der Waals surface area (Å²) in [5.74, 6) is 2.03. The van der Waals surface area contributed by atoms with Gasteiger partial charge in [0, 0.05) is 19.3 Å². The van der Waals surface area contributed by atoms with Crippen LogP contribution in [0.25, 0.3) is 0 Å². The van der Waals surface area contributed by atoms with E-state index in [1.807, 2.05) is 37.4 Å². The predicted octanol–water partition coefficient (Wildman–Crippen LogP) is 2.77. The van der Waals surface area contributed by atoms with Crippen molar-refractivity contribution in [3.05, 3.63) is 54.0 Å². The van der Waals surface area contributed by atoms with E-state index in [-0.39, 0.29) is 11.8 Å². The van der Waals surface area contributed by atoms with Crippen molar-refractivity contribution in [3.8, 4) is 0 Å². The number of carbonyl (C=O) groups excluding carboxylic acids is 1. The molecule has 1 aromatic carbocycles. The first-order valence-corrected chi connectivity index (χ1v) is 9.09. The normalized spacial score (nSPS) is 23.1. The maximum Gasteiger partial charge on any atom is 0.230 e. The molecule has 3 aliphatic rings. The molecule has 0 spiro atoms. The summed E-state index contributed by atoms with van der Waals surface area (Å²) < 4.78 is 0. The van der Waals surface area contributed by atoms with Crippen LogP contribution in [0, 0.1) is 6.92 Å². The molecule has 1 aromatic heterocycles. The molecule has 5 nitrogen and oxygen atoms in total. The third-order valence-corrected chi connectivity index (χ3v) is 5.44. The molecular weight excluding hydrogens is 312 g/mol. The van der Waals surface area contributed by atoms with E-state index in [9.17, 15) is 4.79 Å². The second-order valence-corrected chi connectivity index (χ2v) is 7.03. The number of fused-ring (bicyclic) bond motifs is 2. The highest BCUT2D eigenvalue weighted by atomic mass is 16.2. The summed E-state index contributed by atoms with van der Waals surface area (Å²) in [5.41, 5.74) is 1.13. The Labute approximate surface area is 148 Å². The van der Waals surface area contributed by atoms with E-state index in [0.29, 0.717) is 12.1 Å². The van der Waals surface area contributed by atoms with E-state index < -0.39 is 0 Å². The van der Waals surface area contributed by atoms with E-state index in [4.69, 9.17) is 0 Å². The van der Waals surface area contributed by atoms with Crippen LogP contribution in [-0.2, 0) is 4.79 Å². The minimum absolute atomic E-state index is 0.0284. The molecule has 3 aliphatic heterocycles. The van der Waals surface area contributed by atoms with Crippen molar-refractivity contribution in [1.29, 1.82) is 0 Å². The van der Waals surface area contributed by atoms with Crippen LogP contribution in [0.4, 0.5) is 5.82 Å². The van der Waals surface area contributed by atoms with Gasteiger partial charge in [0.15, 0.2) is 0 Å². The van der Waals surface area contributed by atoms with Gasteiger partial charge in [-0.15, -0.1) is 0 Å². The van der Waals surface area contributed by atoms with E-state index in [0.717, 1.165) is 43.1 Å². The van der Waals surface area contributed by atoms with Crippen molar-refractivity contribution >= 4 is 11.7 Å². The number of piperidine rings is 1. The smallest absolute Gasteiger partial charge is 0.230 e. The Kier molecular flexibility index (Phi) is 4.15. The van der Waals surface area contributed by atoms with Gasteiger partial charge in [0.1, 0.15) is 11.6 Å². The van der Waals surface area contributed by atoms with Crippen molar-refractivity contribution in [3.63, 3.8) is 0 Å². The number of benzene rings is 1. The van der Waals surface area contributed by atoms with Gasteiger partial charge in [-0.3, -0.25) is 4.79 Å². The molecule has 130 valence electrons. The summed E-state index contributed by atoms with van der Waals surface area (Å²) in [6.07, 6.45) is 3.76. The topological polar surface area (TPSA) is 49.3 Å². The van der Waals surface area contributed by atoms with Crippen LogP contribution in [0.1, 0.15) is 37.1 Å². The summed E-state index contributed by atoms with van der Waals surface area (Å²) in [7, 11) is 0. The molecule has 3 unspecified atom stereocenters. The largest absolute Gasteiger partial charge is 0.352 e. The summed E-state index contributed by atoms with van der Waals surface area (Å²) in [6, 6.07) is 12.7. The number of aromatic nitrogens is 2. The van der Waals surface area contributed by atoms with Crippen LogP contribution >= 0.6 is 0 Å². The predicted molar refractivity (Wildman–Crippen MR) is 97.5 cm³/mol. The molecule has 25 heavy (non-hydrogen) atoms. The first-order valence-electron chi connectivity index (χ1n) is 9.09. The third kappa shape index (κ3) is 2.88. The van der Waals surface area contributed by atoms with Gasteiger partial charge >= 0.3 is 0 Å². The van der Waals surface area contributed by atoms with Gasteiger partial charge in [-0.25, -0.2) is 9.97 Å². The van der Waals surface area contributed by atoms with Crippen LogP contribution in [0.5, 0.6) is 0 Å². The van der Waals surface area contributed by atoms with Crippen molar-refractivity contribution in [2.45, 2.75) is 44.7 Å². The third-order valence-electron chi connectivity index (χ3n) is 5.44. The number of rotatable bonds is 4. The van der Waals surface area contributed by atoms with Gasteiger partial charge in [0.25, 0.3) is 0 Å². The van der Waals surface area contributed by atoms with Gasteiger partial charge in [0.05, 0.1) is 18.0 Å². The van der Waals surface area contributed by atoms with E-state index >= 15 is 0 Å². The van der Waals surface area contributed by atoms with Crippen LogP contribution in [0.15, 0.2) is 42.6 Å². The zero-order valence-electron chi connectivity index (χ0n) is 14.8. The molecule has 4 heterocycles. The molecule has 3 atom stereocenters. The standard InChI is InChI=1S/C20H24N4O/c1-3-18(15-7-5-4-6-8-15)20(25)24-16-11-17(24)13-23(12-16)19-9-10-21-14(2)22-19/h4-10,16-18H,3,11-13H2,1-2H3. The average Bonchev–Trinajstić information content (AvgIpc) is 2.63. The molecular formula is C20H24N4O. The Balaban J connectivity index is 1.48. The van der Waals surface area contributed by atoms with Crippen LogP contribution in [0.2, 0.25) is 0 Å². The first kappa shape index (κ1) is 16.1. The lowest BCUT2D eigenvalue weighted by molar-refractivity contribution is -0.148. The van der Waals surface area contributed by atoms with E-state index in [1.54, 1.807) is 0 Å². The lowest BCUT2D eigenvalue weighted by atomic mass is 9.84. The lowest BCUT2D eigenvalue weighted by Gasteiger charge is -2.57. The SMILES string of the molecule is CCC(C(=O)N1C2CC1CN(c1ccnc(C)n1)C2)c1ccccc1. The number of piperazine rings is 1. The second-order valence-electron chi connectivity index (χ2n) is 7.03. The van der Waals surface area contributed by atoms with Gasteiger partial charge in [0.2, 0.25) is 5.91 Å². The Hall–Kier alpha value is -2.43. The maximum absolute atomic E-state index is 13.1. The molecule has 2 aromatic rings. The van der Waals surface area contributed by atoms with Crippen molar-refractivity contribution in [1.82, 2.24) is 14.9 Å². The van der Waals surface area contributed by atoms with Crippen molar-refractivity contribution in [2.75, 3.05) is 18.0 Å². The van der Waals surface area contributed by atoms with Gasteiger partial charge < -0.3 is 9.80 Å². The molecule has 3 fully saturated rings. The quantitative estimate of drug-likeness (QED) is 0.861. The molecule has 0 N–H and O–H groups in total. The second kappa shape index (κ2) is 6.47. The number of aryl methyl sites for hydroxylation is 1. The first-order chi connectivity index (χ1) is 12.2. The summed E-state index contributed by atoms with van der Waals surface area (Å²) in [5, 5.41) is 0. The fourth-order valence-corrected chi connectivity index (χ4v) is 4.19. The fourth-order valence-electron chi connectivity index (χ4n) is 4.19. The maximum atomic E-state index is 13.1. The molecule has 5 heteroatoms. The fraction of sp³-hybridized carbons (Fsp3) is 0.450. The number of anilines is 1. The number of hydrogen-bond donors (Lipinski definition) is 0. The number of amides is 1. The molecule has 0 saturated carbocycles. The number of nitrogens with zero attached hydrogens (tertiary/aromatic N) is 4. The molecule has 0 aliphatic carbocycles. The Morgan fingerprint density at radius 1 is 1.20 bits per heavy atom. The lowest BCUT2D eigenvalue weighted by Crippen LogP contribution is -2.71. The van der Waals surface area contributed by atoms with Crippen molar-refractivity contribution in [2.24, 2.45) is 0 Å². The van der Waals surface area contributed by atoms with Crippen LogP contribution in [-0.4, -0.2) is 45.9 Å². The summed E-state index contributed by atoms with van der Waals surface area (Å²) in [6.45, 7) is 5.74. The Bertz CT molecular complexity index is 751. The molecule has 3 saturated heterocycles. The molecule has 1 amide bonds. The van der Waals surface area contributed by atoms with Crippen molar-refractivity contribution < 1.29 is 4.79 Å². The van der Waals surface area contributed by atoms with Crippen LogP contribution in [0.3, 0.4) is 0 Å². The van der Waals surface area contributed by atoms with Crippen LogP contribution < -0.4 is 4.90 Å².